The molecule has 2 heterocycles. The van der Waals surface area contributed by atoms with Gasteiger partial charge >= 0.3 is 0 Å². The maximum Gasteiger partial charge on any atom is 0.255 e. The van der Waals surface area contributed by atoms with Gasteiger partial charge in [0.05, 0.1) is 18.4 Å². The Morgan fingerprint density at radius 2 is 1.26 bits per heavy atom. The quantitative estimate of drug-likeness (QED) is 0.0615. The van der Waals surface area contributed by atoms with Gasteiger partial charge in [-0.05, 0) is 63.2 Å². The number of hydrogen-bond donors (Lipinski definition) is 5. The largest absolute Gasteiger partial charge is 0.396 e. The summed E-state index contributed by atoms with van der Waals surface area (Å²) < 4.78 is 13.1. The number of nitrogens with one attached hydrogen (secondary N) is 3. The third-order valence-corrected chi connectivity index (χ3v) is 9.24. The molecule has 4 aliphatic rings. The van der Waals surface area contributed by atoms with Crippen molar-refractivity contribution in [1.82, 2.24) is 25.8 Å². The van der Waals surface area contributed by atoms with Crippen LogP contribution in [0.2, 0.25) is 0 Å². The summed E-state index contributed by atoms with van der Waals surface area (Å²) in [4.78, 5) is 78.7. The van der Waals surface area contributed by atoms with Gasteiger partial charge in [-0.2, -0.15) is 0 Å². The minimum atomic E-state index is -0.503. The van der Waals surface area contributed by atoms with Gasteiger partial charge in [0.25, 0.3) is 1.43 Å². The van der Waals surface area contributed by atoms with Crippen LogP contribution in [0.25, 0.3) is 1.43 Å². The molecule has 0 bridgehead atoms. The minimum Gasteiger partial charge on any atom is -0.396 e. The molecule has 0 aromatic rings. The van der Waals surface area contributed by atoms with E-state index in [0.717, 1.165) is 51.4 Å². The van der Waals surface area contributed by atoms with Crippen molar-refractivity contribution in [2.75, 3.05) is 47.1 Å². The lowest BCUT2D eigenvalue weighted by atomic mass is 9.81. The van der Waals surface area contributed by atoms with Gasteiger partial charge in [-0.3, -0.25) is 49.1 Å². The Labute approximate surface area is 255 Å². The molecule has 2 unspecified atom stereocenters. The molecule has 4 rings (SSSR count). The van der Waals surface area contributed by atoms with Gasteiger partial charge < -0.3 is 15.7 Å². The Kier molecular flexibility index (Phi) is 12.3. The van der Waals surface area contributed by atoms with Crippen LogP contribution in [0.5, 0.6) is 0 Å². The van der Waals surface area contributed by atoms with Crippen LogP contribution in [0.3, 0.4) is 0 Å². The van der Waals surface area contributed by atoms with Crippen molar-refractivity contribution in [3.05, 3.63) is 0 Å². The van der Waals surface area contributed by atoms with Crippen molar-refractivity contribution >= 4 is 35.4 Å². The first-order valence-corrected chi connectivity index (χ1v) is 15.3. The summed E-state index contributed by atoms with van der Waals surface area (Å²) in [5.41, 5.74) is 0. The first kappa shape index (κ1) is 31.5. The van der Waals surface area contributed by atoms with Crippen LogP contribution in [0.1, 0.15) is 64.2 Å². The van der Waals surface area contributed by atoms with E-state index in [2.05, 4.69) is 31.2 Å². The molecule has 2 aliphatic heterocycles. The lowest BCUT2D eigenvalue weighted by Crippen LogP contribution is -2.39. The Balaban J connectivity index is 0.000000248. The van der Waals surface area contributed by atoms with Gasteiger partial charge in [0, 0.05) is 58.4 Å². The highest BCUT2D eigenvalue weighted by molar-refractivity contribution is 6.04. The molecule has 0 aromatic heterocycles. The summed E-state index contributed by atoms with van der Waals surface area (Å²) in [5, 5.41) is 16.1. The van der Waals surface area contributed by atoms with Crippen molar-refractivity contribution in [1.29, 1.82) is 2.86 Å². The maximum atomic E-state index is 12.4. The summed E-state index contributed by atoms with van der Waals surface area (Å²) in [7, 11) is 3.29. The highest BCUT2D eigenvalue weighted by Crippen LogP contribution is 2.32. The van der Waals surface area contributed by atoms with E-state index in [4.69, 9.17) is 2.86 Å². The van der Waals surface area contributed by atoms with Gasteiger partial charge in [0.15, 0.2) is 0 Å². The normalized spacial score (nSPS) is 30.0. The highest BCUT2D eigenvalue weighted by atomic mass is 17.1. The molecule has 242 valence electrons. The Hall–Kier alpha value is -2.94. The summed E-state index contributed by atoms with van der Waals surface area (Å²) in [6.07, 6.45) is 6.97. The number of amides is 6. The predicted octanol–water partition coefficient (Wildman–Crippen LogP) is -0.143. The zero-order valence-electron chi connectivity index (χ0n) is 27.1. The highest BCUT2D eigenvalue weighted by Gasteiger charge is 2.41. The third kappa shape index (κ3) is 9.27. The molecule has 4 fully saturated rings. The summed E-state index contributed by atoms with van der Waals surface area (Å²) >= 11 is 0. The van der Waals surface area contributed by atoms with Crippen LogP contribution in [-0.2, 0) is 33.7 Å². The molecule has 14 heteroatoms. The second-order valence-corrected chi connectivity index (χ2v) is 12.0. The van der Waals surface area contributed by atoms with Crippen LogP contribution in [0.15, 0.2) is 0 Å². The zero-order valence-corrected chi connectivity index (χ0v) is 25.1. The zero-order chi connectivity index (χ0) is 32.9. The lowest BCUT2D eigenvalue weighted by molar-refractivity contribution is -0.247. The molecule has 0 spiro atoms. The number of likely N-dealkylation sites (tertiary alicyclic amines) is 2. The fourth-order valence-electron chi connectivity index (χ4n) is 6.59. The maximum absolute atomic E-state index is 12.4. The van der Waals surface area contributed by atoms with E-state index in [1.54, 1.807) is 14.1 Å². The van der Waals surface area contributed by atoms with Gasteiger partial charge in [-0.15, -0.1) is 0 Å². The number of nitrogens with zero attached hydrogens (tertiary/aromatic N) is 2. The third-order valence-electron chi connectivity index (χ3n) is 9.24. The molecular formula is C29H47N5O9. The average Bonchev–Trinajstić information content (AvgIpc) is 3.47. The smallest absolute Gasteiger partial charge is 0.255 e. The minimum absolute atomic E-state index is 0.00895. The Bertz CT molecular complexity index is 1050. The van der Waals surface area contributed by atoms with E-state index in [-0.39, 0.29) is 85.3 Å². The number of hydrogen-bond acceptors (Lipinski definition) is 10. The lowest BCUT2D eigenvalue weighted by Gasteiger charge is -2.29. The molecule has 5 N–H and O–H groups in total. The van der Waals surface area contributed by atoms with Crippen molar-refractivity contribution < 1.29 is 44.0 Å². The molecule has 2 aliphatic carbocycles. The Morgan fingerprint density at radius 1 is 0.791 bits per heavy atom. The van der Waals surface area contributed by atoms with Crippen LogP contribution >= 0.6 is 0 Å². The predicted molar refractivity (Wildman–Crippen MR) is 152 cm³/mol. The van der Waals surface area contributed by atoms with E-state index in [1.807, 2.05) is 0 Å². The molecule has 0 radical (unpaired) electrons. The van der Waals surface area contributed by atoms with Gasteiger partial charge in [0.1, 0.15) is 6.73 Å². The summed E-state index contributed by atoms with van der Waals surface area (Å²) in [6.45, 7) is 1.16. The van der Waals surface area contributed by atoms with Gasteiger partial charge in [0.2, 0.25) is 36.9 Å². The van der Waals surface area contributed by atoms with Gasteiger partial charge in [-0.1, -0.05) is 0 Å². The Morgan fingerprint density at radius 3 is 1.70 bits per heavy atom. The molecule has 2 saturated carbocycles. The molecule has 2 saturated heterocycles. The first-order chi connectivity index (χ1) is 21.6. The average molecular weight is 612 g/mol. The number of carbonyl (C=O) groups is 6. The van der Waals surface area contributed by atoms with E-state index < -0.39 is 11.8 Å². The second-order valence-electron chi connectivity index (χ2n) is 12.0. The SMILES string of the molecule is [2H]OCC1CC(=O)N(CC2CCC(C(=O)NC)CC2)C1=O.[2H]OOCNCC1CC(=O)N(CC2CCC(C(=O)NC)CC2)C1=O. The van der Waals surface area contributed by atoms with Crippen LogP contribution < -0.4 is 16.0 Å². The second kappa shape index (κ2) is 16.8. The van der Waals surface area contributed by atoms with Crippen molar-refractivity contribution in [3.63, 3.8) is 0 Å². The standard InChI is InChI=1S/C15H25N3O5.C14H22N2O4/c1-16-14(20)11-4-2-10(3-5-11)8-18-13(19)6-12(15(18)21)7-17-9-23-22;1-15-13(19)10-4-2-9(3-5-10)7-16-12(18)6-11(8-17)14(16)20/h10-12,17,22H,2-9H2,1H3,(H,16,20);9-11,17H,2-8H2,1H3,(H,15,19)/i;17D/hD. The summed E-state index contributed by atoms with van der Waals surface area (Å²) in [5.74, 6) is -0.789. The number of imide groups is 2. The van der Waals surface area contributed by atoms with Crippen molar-refractivity contribution in [2.45, 2.75) is 64.2 Å². The molecular weight excluding hydrogens is 562 g/mol. The van der Waals surface area contributed by atoms with Crippen LogP contribution in [0, 0.1) is 35.5 Å². The number of rotatable bonds is 13. The summed E-state index contributed by atoms with van der Waals surface area (Å²) in [6, 6.07) is 0. The first-order valence-electron chi connectivity index (χ1n) is 16.1. The van der Waals surface area contributed by atoms with Gasteiger partial charge in [-0.25, -0.2) is 4.89 Å². The molecule has 6 amide bonds. The topological polar surface area (TPSA) is 195 Å². The number of aliphatic hydroxyl groups excluding tert-OH is 1. The molecule has 2 atom stereocenters. The number of aliphatic hydroxyl groups is 1. The van der Waals surface area contributed by atoms with E-state index in [0.29, 0.717) is 19.6 Å². The molecule has 0 aromatic carbocycles. The van der Waals surface area contributed by atoms with Crippen LogP contribution in [0.4, 0.5) is 0 Å². The van der Waals surface area contributed by atoms with E-state index >= 15 is 0 Å². The van der Waals surface area contributed by atoms with Crippen molar-refractivity contribution in [2.24, 2.45) is 35.5 Å². The fraction of sp³-hybridized carbons (Fsp3) is 0.793. The molecule has 14 nitrogen and oxygen atoms in total. The van der Waals surface area contributed by atoms with Crippen LogP contribution in [-0.4, -0.2) is 104 Å². The fourth-order valence-corrected chi connectivity index (χ4v) is 6.59. The monoisotopic (exact) mass is 611 g/mol. The van der Waals surface area contributed by atoms with E-state index in [9.17, 15) is 28.8 Å². The molecule has 43 heavy (non-hydrogen) atoms. The van der Waals surface area contributed by atoms with E-state index in [1.165, 1.54) is 9.80 Å². The van der Waals surface area contributed by atoms with Crippen molar-refractivity contribution in [3.8, 4) is 0 Å². The number of carbonyl (C=O) groups excluding carboxylic acids is 6.